The molecule has 0 bridgehead atoms. The van der Waals surface area contributed by atoms with Gasteiger partial charge in [0.2, 0.25) is 0 Å². The molecule has 0 atom stereocenters. The number of nitrogens with zero attached hydrogens (tertiary/aromatic N) is 2. The first kappa shape index (κ1) is 19.0. The number of aromatic nitrogens is 2. The van der Waals surface area contributed by atoms with Crippen LogP contribution in [0.25, 0.3) is 11.3 Å². The summed E-state index contributed by atoms with van der Waals surface area (Å²) in [6.07, 6.45) is 4.36. The molecular formula is C21H22ClN3O2S. The maximum absolute atomic E-state index is 12.9. The highest BCUT2D eigenvalue weighted by Crippen LogP contribution is 2.40. The Morgan fingerprint density at radius 1 is 1.14 bits per heavy atom. The molecule has 146 valence electrons. The lowest BCUT2D eigenvalue weighted by atomic mass is 10.1. The zero-order chi connectivity index (χ0) is 20.1. The molecule has 0 radical (unpaired) electrons. The second kappa shape index (κ2) is 6.94. The van der Waals surface area contributed by atoms with E-state index in [0.29, 0.717) is 22.2 Å². The molecule has 3 aromatic rings. The smallest absolute Gasteiger partial charge is 0.262 e. The highest BCUT2D eigenvalue weighted by molar-refractivity contribution is 7.92. The predicted octanol–water partition coefficient (Wildman–Crippen LogP) is 5.04. The van der Waals surface area contributed by atoms with E-state index in [1.165, 1.54) is 12.8 Å². The summed E-state index contributed by atoms with van der Waals surface area (Å²) in [7, 11) is -1.72. The van der Waals surface area contributed by atoms with Crippen molar-refractivity contribution >= 4 is 27.3 Å². The third kappa shape index (κ3) is 3.66. The van der Waals surface area contributed by atoms with E-state index in [1.807, 2.05) is 31.4 Å². The SMILES string of the molecule is Cc1cc(S(=O)(=O)Nc2cccc(-c3cn(C)c(C4CC4)n3)c2)c(C)cc1Cl. The summed E-state index contributed by atoms with van der Waals surface area (Å²) in [6.45, 7) is 3.53. The van der Waals surface area contributed by atoms with Crippen molar-refractivity contribution < 1.29 is 8.42 Å². The number of sulfonamides is 1. The van der Waals surface area contributed by atoms with Gasteiger partial charge in [0.1, 0.15) is 5.82 Å². The monoisotopic (exact) mass is 415 g/mol. The van der Waals surface area contributed by atoms with Gasteiger partial charge in [-0.15, -0.1) is 0 Å². The van der Waals surface area contributed by atoms with Crippen molar-refractivity contribution in [3.05, 3.63) is 64.6 Å². The number of halogens is 1. The van der Waals surface area contributed by atoms with E-state index >= 15 is 0 Å². The van der Waals surface area contributed by atoms with Gasteiger partial charge in [-0.25, -0.2) is 13.4 Å². The van der Waals surface area contributed by atoms with E-state index in [1.54, 1.807) is 32.0 Å². The zero-order valence-electron chi connectivity index (χ0n) is 16.0. The van der Waals surface area contributed by atoms with Crippen LogP contribution >= 0.6 is 11.6 Å². The lowest BCUT2D eigenvalue weighted by Gasteiger charge is -2.12. The molecule has 0 aliphatic heterocycles. The average molecular weight is 416 g/mol. The van der Waals surface area contributed by atoms with Gasteiger partial charge >= 0.3 is 0 Å². The van der Waals surface area contributed by atoms with Crippen molar-refractivity contribution in [1.29, 1.82) is 0 Å². The molecule has 28 heavy (non-hydrogen) atoms. The molecule has 4 rings (SSSR count). The van der Waals surface area contributed by atoms with Crippen LogP contribution < -0.4 is 4.72 Å². The van der Waals surface area contributed by atoms with E-state index < -0.39 is 10.0 Å². The Hall–Kier alpha value is -2.31. The highest BCUT2D eigenvalue weighted by atomic mass is 35.5. The van der Waals surface area contributed by atoms with Crippen LogP contribution in [-0.4, -0.2) is 18.0 Å². The van der Waals surface area contributed by atoms with E-state index in [2.05, 4.69) is 9.29 Å². The predicted molar refractivity (Wildman–Crippen MR) is 112 cm³/mol. The molecule has 0 saturated heterocycles. The van der Waals surface area contributed by atoms with Gasteiger partial charge in [0.15, 0.2) is 0 Å². The fourth-order valence-electron chi connectivity index (χ4n) is 3.34. The lowest BCUT2D eigenvalue weighted by Crippen LogP contribution is -2.14. The van der Waals surface area contributed by atoms with E-state index in [4.69, 9.17) is 16.6 Å². The van der Waals surface area contributed by atoms with Crippen molar-refractivity contribution in [3.8, 4) is 11.3 Å². The van der Waals surface area contributed by atoms with E-state index in [0.717, 1.165) is 22.6 Å². The molecule has 1 aliphatic rings. The van der Waals surface area contributed by atoms with E-state index in [9.17, 15) is 8.42 Å². The Morgan fingerprint density at radius 3 is 2.61 bits per heavy atom. The Balaban J connectivity index is 1.65. The van der Waals surface area contributed by atoms with Gasteiger partial charge in [0.05, 0.1) is 10.6 Å². The van der Waals surface area contributed by atoms with Gasteiger partial charge in [0, 0.05) is 35.4 Å². The standard InChI is InChI=1S/C21H22ClN3O2S/c1-13-10-20(14(2)9-18(13)22)28(26,27)24-17-6-4-5-16(11-17)19-12-25(3)21(23-19)15-7-8-15/h4-6,9-12,15,24H,7-8H2,1-3H3. The molecule has 1 fully saturated rings. The molecular weight excluding hydrogens is 394 g/mol. The zero-order valence-corrected chi connectivity index (χ0v) is 17.6. The molecule has 2 aromatic carbocycles. The number of benzene rings is 2. The minimum absolute atomic E-state index is 0.230. The van der Waals surface area contributed by atoms with Crippen molar-refractivity contribution in [2.24, 2.45) is 7.05 Å². The maximum Gasteiger partial charge on any atom is 0.262 e. The van der Waals surface area contributed by atoms with Gasteiger partial charge in [-0.3, -0.25) is 4.72 Å². The second-order valence-electron chi connectivity index (χ2n) is 7.42. The molecule has 1 aromatic heterocycles. The Labute approximate surface area is 170 Å². The van der Waals surface area contributed by atoms with Crippen molar-refractivity contribution in [3.63, 3.8) is 0 Å². The molecule has 0 spiro atoms. The minimum Gasteiger partial charge on any atom is -0.337 e. The lowest BCUT2D eigenvalue weighted by molar-refractivity contribution is 0.600. The summed E-state index contributed by atoms with van der Waals surface area (Å²) in [5.41, 5.74) is 3.57. The molecule has 1 aliphatic carbocycles. The third-order valence-electron chi connectivity index (χ3n) is 5.01. The van der Waals surface area contributed by atoms with Crippen molar-refractivity contribution in [2.75, 3.05) is 4.72 Å². The third-order valence-corrected chi connectivity index (χ3v) is 6.94. The van der Waals surface area contributed by atoms with Crippen LogP contribution in [0.5, 0.6) is 0 Å². The number of hydrogen-bond acceptors (Lipinski definition) is 3. The van der Waals surface area contributed by atoms with Crippen LogP contribution in [0.15, 0.2) is 47.5 Å². The Morgan fingerprint density at radius 2 is 1.89 bits per heavy atom. The summed E-state index contributed by atoms with van der Waals surface area (Å²) >= 11 is 6.10. The minimum atomic E-state index is -3.72. The van der Waals surface area contributed by atoms with Crippen LogP contribution in [0.1, 0.15) is 35.7 Å². The Kier molecular flexibility index (Phi) is 4.71. The highest BCUT2D eigenvalue weighted by Gasteiger charge is 2.28. The molecule has 0 unspecified atom stereocenters. The number of anilines is 1. The average Bonchev–Trinajstić information content (AvgIpc) is 3.39. The second-order valence-corrected chi connectivity index (χ2v) is 9.48. The first-order chi connectivity index (χ1) is 13.2. The van der Waals surface area contributed by atoms with Gasteiger partial charge in [0.25, 0.3) is 10.0 Å². The number of nitrogens with one attached hydrogen (secondary N) is 1. The van der Waals surface area contributed by atoms with Crippen LogP contribution in [0.3, 0.4) is 0 Å². The number of imidazole rings is 1. The quantitative estimate of drug-likeness (QED) is 0.635. The number of hydrogen-bond donors (Lipinski definition) is 1. The Bertz CT molecular complexity index is 1160. The molecule has 1 saturated carbocycles. The fraction of sp³-hybridized carbons (Fsp3) is 0.286. The van der Waals surface area contributed by atoms with E-state index in [-0.39, 0.29) is 4.90 Å². The van der Waals surface area contributed by atoms with Crippen molar-refractivity contribution in [2.45, 2.75) is 37.5 Å². The number of aryl methyl sites for hydroxylation is 3. The van der Waals surface area contributed by atoms with Gasteiger partial charge < -0.3 is 4.57 Å². The first-order valence-electron chi connectivity index (χ1n) is 9.18. The maximum atomic E-state index is 12.9. The molecule has 7 heteroatoms. The normalized spacial score (nSPS) is 14.3. The van der Waals surface area contributed by atoms with Crippen LogP contribution in [0.2, 0.25) is 5.02 Å². The van der Waals surface area contributed by atoms with Crippen molar-refractivity contribution in [1.82, 2.24) is 9.55 Å². The summed E-state index contributed by atoms with van der Waals surface area (Å²) in [5, 5.41) is 0.556. The van der Waals surface area contributed by atoms with Gasteiger partial charge in [-0.2, -0.15) is 0 Å². The summed E-state index contributed by atoms with van der Waals surface area (Å²) in [5.74, 6) is 1.64. The largest absolute Gasteiger partial charge is 0.337 e. The van der Waals surface area contributed by atoms with Crippen LogP contribution in [-0.2, 0) is 17.1 Å². The molecule has 5 nitrogen and oxygen atoms in total. The summed E-state index contributed by atoms with van der Waals surface area (Å²) in [6, 6.07) is 10.6. The topological polar surface area (TPSA) is 64.0 Å². The summed E-state index contributed by atoms with van der Waals surface area (Å²) < 4.78 is 30.6. The molecule has 0 amide bonds. The van der Waals surface area contributed by atoms with Gasteiger partial charge in [-0.05, 0) is 62.1 Å². The molecule has 1 heterocycles. The molecule has 1 N–H and O–H groups in total. The first-order valence-corrected chi connectivity index (χ1v) is 11.0. The van der Waals surface area contributed by atoms with Crippen LogP contribution in [0.4, 0.5) is 5.69 Å². The van der Waals surface area contributed by atoms with Gasteiger partial charge in [-0.1, -0.05) is 23.7 Å². The summed E-state index contributed by atoms with van der Waals surface area (Å²) in [4.78, 5) is 4.97. The number of rotatable bonds is 5. The fourth-order valence-corrected chi connectivity index (χ4v) is 4.92. The van der Waals surface area contributed by atoms with Crippen LogP contribution in [0, 0.1) is 13.8 Å².